The highest BCUT2D eigenvalue weighted by atomic mass is 16.6. The van der Waals surface area contributed by atoms with Gasteiger partial charge >= 0.3 is 0 Å². The maximum Gasteiger partial charge on any atom is 0.164 e. The third-order valence-electron chi connectivity index (χ3n) is 4.71. The molecular formula is C19H20N4O4. The highest BCUT2D eigenvalue weighted by Crippen LogP contribution is 2.35. The molecule has 0 bridgehead atoms. The van der Waals surface area contributed by atoms with Gasteiger partial charge in [-0.05, 0) is 5.56 Å². The van der Waals surface area contributed by atoms with Crippen LogP contribution in [0.3, 0.4) is 0 Å². The number of anilines is 1. The lowest BCUT2D eigenvalue weighted by molar-refractivity contribution is -0.0508. The third-order valence-corrected chi connectivity index (χ3v) is 4.71. The molecule has 1 aliphatic rings. The van der Waals surface area contributed by atoms with Gasteiger partial charge in [0, 0.05) is 11.8 Å². The van der Waals surface area contributed by atoms with E-state index in [2.05, 4.69) is 9.97 Å². The molecule has 2 aromatic heterocycles. The number of nitrogens with zero attached hydrogens (tertiary/aromatic N) is 3. The largest absolute Gasteiger partial charge is 0.394 e. The molecule has 3 heterocycles. The van der Waals surface area contributed by atoms with Gasteiger partial charge in [-0.25, -0.2) is 9.97 Å². The molecule has 1 aromatic carbocycles. The molecule has 3 aromatic rings. The van der Waals surface area contributed by atoms with Crippen LogP contribution in [0.15, 0.2) is 42.9 Å². The van der Waals surface area contributed by atoms with Gasteiger partial charge in [0.2, 0.25) is 0 Å². The van der Waals surface area contributed by atoms with Crippen molar-refractivity contribution in [2.45, 2.75) is 24.5 Å². The second-order valence-electron chi connectivity index (χ2n) is 6.42. The van der Waals surface area contributed by atoms with E-state index < -0.39 is 31.1 Å². The number of nitrogens with two attached hydrogens (primary N) is 1. The van der Waals surface area contributed by atoms with E-state index in [1.165, 1.54) is 6.33 Å². The smallest absolute Gasteiger partial charge is 0.164 e. The number of benzene rings is 1. The first-order valence-electron chi connectivity index (χ1n) is 8.56. The average Bonchev–Trinajstić information content (AvgIpc) is 3.20. The first-order chi connectivity index (χ1) is 13.1. The lowest BCUT2D eigenvalue weighted by atomic mass is 10.1. The Morgan fingerprint density at radius 2 is 1.89 bits per heavy atom. The van der Waals surface area contributed by atoms with Crippen LogP contribution in [-0.4, -0.2) is 54.8 Å². The number of nitrogen functional groups attached to an aromatic ring is 1. The summed E-state index contributed by atoms with van der Waals surface area (Å²) >= 11 is 0. The monoisotopic (exact) mass is 368 g/mol. The van der Waals surface area contributed by atoms with Gasteiger partial charge in [-0.1, -0.05) is 42.5 Å². The normalized spacial score (nSPS) is 25.6. The topological polar surface area (TPSA) is 127 Å². The predicted octanol–water partition coefficient (Wildman–Crippen LogP) is 0.795. The molecule has 0 spiro atoms. The molecule has 1 fully saturated rings. The molecule has 1 saturated heterocycles. The van der Waals surface area contributed by atoms with Crippen molar-refractivity contribution in [3.05, 3.63) is 54.0 Å². The summed E-state index contributed by atoms with van der Waals surface area (Å²) in [7, 11) is 0. The second kappa shape index (κ2) is 7.09. The fraction of sp³-hybridized carbons (Fsp3) is 0.263. The first-order valence-corrected chi connectivity index (χ1v) is 8.56. The fourth-order valence-electron chi connectivity index (χ4n) is 3.32. The lowest BCUT2D eigenvalue weighted by Crippen LogP contribution is -2.33. The van der Waals surface area contributed by atoms with Gasteiger partial charge in [-0.2, -0.15) is 0 Å². The Labute approximate surface area is 155 Å². The molecule has 4 rings (SSSR count). The van der Waals surface area contributed by atoms with Crippen LogP contribution in [0.5, 0.6) is 0 Å². The first kappa shape index (κ1) is 17.6. The molecule has 140 valence electrons. The number of aliphatic hydroxyl groups excluding tert-OH is 3. The molecule has 5 N–H and O–H groups in total. The molecule has 8 heteroatoms. The van der Waals surface area contributed by atoms with Gasteiger partial charge in [-0.15, -0.1) is 0 Å². The van der Waals surface area contributed by atoms with Crippen LogP contribution in [-0.2, 0) is 4.74 Å². The zero-order valence-corrected chi connectivity index (χ0v) is 14.4. The Morgan fingerprint density at radius 1 is 1.11 bits per heavy atom. The van der Waals surface area contributed by atoms with Crippen molar-refractivity contribution in [1.29, 1.82) is 0 Å². The molecule has 0 unspecified atom stereocenters. The number of rotatable bonds is 4. The van der Waals surface area contributed by atoms with Crippen molar-refractivity contribution in [2.24, 2.45) is 0 Å². The zero-order chi connectivity index (χ0) is 19.0. The van der Waals surface area contributed by atoms with Gasteiger partial charge in [0.1, 0.15) is 36.1 Å². The van der Waals surface area contributed by atoms with Crippen molar-refractivity contribution in [3.63, 3.8) is 0 Å². The Hall–Kier alpha value is -2.78. The van der Waals surface area contributed by atoms with E-state index >= 15 is 0 Å². The van der Waals surface area contributed by atoms with Gasteiger partial charge in [0.05, 0.1) is 12.0 Å². The SMILES string of the molecule is Nc1ncnc2c1c(/C=C/c1ccccc1)cn2[C@@H]1O[C@H](CO)[C@@H](O)[C@H]1O. The molecule has 0 aliphatic carbocycles. The average molecular weight is 368 g/mol. The number of ether oxygens (including phenoxy) is 1. The van der Waals surface area contributed by atoms with Crippen LogP contribution in [0.4, 0.5) is 5.82 Å². The Balaban J connectivity index is 1.79. The van der Waals surface area contributed by atoms with Crippen LogP contribution < -0.4 is 5.73 Å². The van der Waals surface area contributed by atoms with Crippen LogP contribution in [0.2, 0.25) is 0 Å². The summed E-state index contributed by atoms with van der Waals surface area (Å²) < 4.78 is 7.25. The molecule has 0 radical (unpaired) electrons. The second-order valence-corrected chi connectivity index (χ2v) is 6.42. The Bertz CT molecular complexity index is 973. The third kappa shape index (κ3) is 3.08. The molecule has 1 aliphatic heterocycles. The van der Waals surface area contributed by atoms with E-state index in [1.807, 2.05) is 42.5 Å². The Kier molecular flexibility index (Phi) is 4.63. The van der Waals surface area contributed by atoms with Crippen LogP contribution in [0.25, 0.3) is 23.2 Å². The zero-order valence-electron chi connectivity index (χ0n) is 14.4. The molecule has 8 nitrogen and oxygen atoms in total. The number of aromatic nitrogens is 3. The van der Waals surface area contributed by atoms with Crippen LogP contribution >= 0.6 is 0 Å². The predicted molar refractivity (Wildman–Crippen MR) is 100 cm³/mol. The summed E-state index contributed by atoms with van der Waals surface area (Å²) in [6.45, 7) is -0.397. The van der Waals surface area contributed by atoms with Gasteiger partial charge in [0.25, 0.3) is 0 Å². The Morgan fingerprint density at radius 3 is 2.59 bits per heavy atom. The number of aliphatic hydroxyl groups is 3. The maximum absolute atomic E-state index is 10.4. The summed E-state index contributed by atoms with van der Waals surface area (Å²) in [5, 5.41) is 30.4. The minimum atomic E-state index is -1.21. The van der Waals surface area contributed by atoms with Gasteiger partial charge in [-0.3, -0.25) is 0 Å². The van der Waals surface area contributed by atoms with Crippen LogP contribution in [0, 0.1) is 0 Å². The summed E-state index contributed by atoms with van der Waals surface area (Å²) in [6.07, 6.45) is 2.73. The number of hydrogen-bond acceptors (Lipinski definition) is 7. The van der Waals surface area contributed by atoms with Gasteiger partial charge < -0.3 is 30.4 Å². The van der Waals surface area contributed by atoms with E-state index in [-0.39, 0.29) is 0 Å². The van der Waals surface area contributed by atoms with Crippen molar-refractivity contribution in [1.82, 2.24) is 14.5 Å². The van der Waals surface area contributed by atoms with Gasteiger partial charge in [0.15, 0.2) is 6.23 Å². The van der Waals surface area contributed by atoms with Crippen molar-refractivity contribution in [2.75, 3.05) is 12.3 Å². The van der Waals surface area contributed by atoms with Crippen molar-refractivity contribution in [3.8, 4) is 0 Å². The number of fused-ring (bicyclic) bond motifs is 1. The van der Waals surface area contributed by atoms with Crippen molar-refractivity contribution < 1.29 is 20.1 Å². The van der Waals surface area contributed by atoms with Crippen molar-refractivity contribution >= 4 is 29.0 Å². The molecule has 27 heavy (non-hydrogen) atoms. The fourth-order valence-corrected chi connectivity index (χ4v) is 3.32. The maximum atomic E-state index is 10.4. The summed E-state index contributed by atoms with van der Waals surface area (Å²) in [6, 6.07) is 9.78. The quantitative estimate of drug-likeness (QED) is 0.536. The minimum Gasteiger partial charge on any atom is -0.394 e. The van der Waals surface area contributed by atoms with E-state index in [9.17, 15) is 15.3 Å². The minimum absolute atomic E-state index is 0.304. The molecule has 0 amide bonds. The van der Waals surface area contributed by atoms with E-state index in [0.717, 1.165) is 11.1 Å². The molecule has 4 atom stereocenters. The summed E-state index contributed by atoms with van der Waals surface area (Å²) in [5.41, 5.74) is 8.31. The highest BCUT2D eigenvalue weighted by molar-refractivity contribution is 5.96. The molecule has 0 saturated carbocycles. The highest BCUT2D eigenvalue weighted by Gasteiger charge is 2.44. The standard InChI is InChI=1S/C19H20N4O4/c20-17-14-12(7-6-11-4-2-1-3-5-11)8-23(18(14)22-10-21-17)19-16(26)15(25)13(9-24)27-19/h1-8,10,13,15-16,19,24-26H,9H2,(H2,20,21,22)/b7-6+/t13-,15-,16-,19-/m1/s1. The summed E-state index contributed by atoms with van der Waals surface area (Å²) in [5.74, 6) is 0.304. The van der Waals surface area contributed by atoms with E-state index in [4.69, 9.17) is 10.5 Å². The number of hydrogen-bond donors (Lipinski definition) is 4. The van der Waals surface area contributed by atoms with E-state index in [0.29, 0.717) is 16.9 Å². The lowest BCUT2D eigenvalue weighted by Gasteiger charge is -2.17. The molecular weight excluding hydrogens is 348 g/mol. The van der Waals surface area contributed by atoms with E-state index in [1.54, 1.807) is 10.8 Å². The van der Waals surface area contributed by atoms with Crippen LogP contribution in [0.1, 0.15) is 17.4 Å². The summed E-state index contributed by atoms with van der Waals surface area (Å²) in [4.78, 5) is 8.33.